The minimum atomic E-state index is 0.216. The number of benzene rings is 1. The molecule has 0 bridgehead atoms. The summed E-state index contributed by atoms with van der Waals surface area (Å²) in [6, 6.07) is 8.20. The maximum absolute atomic E-state index is 12.6. The van der Waals surface area contributed by atoms with Crippen LogP contribution in [-0.4, -0.2) is 49.4 Å². The third-order valence-corrected chi connectivity index (χ3v) is 8.12. The van der Waals surface area contributed by atoms with Crippen molar-refractivity contribution in [2.75, 3.05) is 18.8 Å². The fourth-order valence-electron chi connectivity index (χ4n) is 3.43. The van der Waals surface area contributed by atoms with E-state index in [1.165, 1.54) is 29.3 Å². The summed E-state index contributed by atoms with van der Waals surface area (Å²) in [5, 5.41) is 9.57. The van der Waals surface area contributed by atoms with Crippen molar-refractivity contribution in [2.45, 2.75) is 54.4 Å². The first-order valence-corrected chi connectivity index (χ1v) is 12.8. The van der Waals surface area contributed by atoms with E-state index in [0.717, 1.165) is 59.1 Å². The van der Waals surface area contributed by atoms with Crippen molar-refractivity contribution in [3.8, 4) is 0 Å². The molecule has 0 atom stereocenters. The molecule has 2 aromatic heterocycles. The third kappa shape index (κ3) is 5.13. The van der Waals surface area contributed by atoms with Crippen LogP contribution in [0.3, 0.4) is 0 Å². The van der Waals surface area contributed by atoms with E-state index in [2.05, 4.69) is 32.7 Å². The molecule has 9 heteroatoms. The predicted molar refractivity (Wildman–Crippen MR) is 121 cm³/mol. The summed E-state index contributed by atoms with van der Waals surface area (Å²) in [5.41, 5.74) is 1.04. The van der Waals surface area contributed by atoms with Crippen LogP contribution < -0.4 is 0 Å². The van der Waals surface area contributed by atoms with E-state index in [0.29, 0.717) is 5.75 Å². The molecule has 1 aromatic carbocycles. The fourth-order valence-corrected chi connectivity index (χ4v) is 6.36. The number of para-hydroxylation sites is 1. The summed E-state index contributed by atoms with van der Waals surface area (Å²) >= 11 is 4.90. The summed E-state index contributed by atoms with van der Waals surface area (Å²) in [6.45, 7) is 4.67. The Morgan fingerprint density at radius 3 is 2.66 bits per heavy atom. The summed E-state index contributed by atoms with van der Waals surface area (Å²) < 4.78 is 4.36. The molecule has 154 valence electrons. The van der Waals surface area contributed by atoms with E-state index in [4.69, 9.17) is 0 Å². The van der Waals surface area contributed by atoms with E-state index in [-0.39, 0.29) is 5.91 Å². The van der Waals surface area contributed by atoms with Gasteiger partial charge in [0, 0.05) is 19.6 Å². The second-order valence-electron chi connectivity index (χ2n) is 6.96. The lowest BCUT2D eigenvalue weighted by Crippen LogP contribution is -2.33. The number of thiazole rings is 1. The molecule has 3 heterocycles. The van der Waals surface area contributed by atoms with E-state index in [9.17, 15) is 4.79 Å². The lowest BCUT2D eigenvalue weighted by Gasteiger charge is -2.19. The van der Waals surface area contributed by atoms with Gasteiger partial charge in [0.15, 0.2) is 9.50 Å². The van der Waals surface area contributed by atoms with Crippen molar-refractivity contribution in [3.63, 3.8) is 0 Å². The standard InChI is InChI=1S/C20H25N5OS3/c1-2-25-17(13-28-20-21-15-9-5-6-10-16(15)29-20)22-23-19(25)27-14-18(26)24-11-7-3-4-8-12-24/h5-6,9-10H,2-4,7-8,11-14H2,1H3. The van der Waals surface area contributed by atoms with Gasteiger partial charge in [-0.25, -0.2) is 4.98 Å². The van der Waals surface area contributed by atoms with Gasteiger partial charge in [-0.2, -0.15) is 0 Å². The fraction of sp³-hybridized carbons (Fsp3) is 0.500. The van der Waals surface area contributed by atoms with Gasteiger partial charge in [-0.1, -0.05) is 48.5 Å². The number of hydrogen-bond donors (Lipinski definition) is 0. The zero-order chi connectivity index (χ0) is 20.1. The van der Waals surface area contributed by atoms with Crippen LogP contribution in [0.15, 0.2) is 33.8 Å². The van der Waals surface area contributed by atoms with Crippen molar-refractivity contribution < 1.29 is 4.79 Å². The molecule has 0 saturated carbocycles. The largest absolute Gasteiger partial charge is 0.342 e. The Morgan fingerprint density at radius 1 is 1.10 bits per heavy atom. The molecule has 1 saturated heterocycles. The van der Waals surface area contributed by atoms with Gasteiger partial charge in [-0.05, 0) is 31.9 Å². The SMILES string of the molecule is CCn1c(CSc2nc3ccccc3s2)nnc1SCC(=O)N1CCCCCC1. The Morgan fingerprint density at radius 2 is 1.90 bits per heavy atom. The molecule has 0 radical (unpaired) electrons. The van der Waals surface area contributed by atoms with E-state index in [1.807, 2.05) is 23.1 Å². The van der Waals surface area contributed by atoms with Crippen molar-refractivity contribution in [3.05, 3.63) is 30.1 Å². The second-order valence-corrected chi connectivity index (χ2v) is 10.2. The van der Waals surface area contributed by atoms with Gasteiger partial charge in [0.05, 0.1) is 21.7 Å². The number of aromatic nitrogens is 4. The summed E-state index contributed by atoms with van der Waals surface area (Å²) in [5.74, 6) is 2.30. The van der Waals surface area contributed by atoms with E-state index in [1.54, 1.807) is 23.1 Å². The van der Waals surface area contributed by atoms with Crippen molar-refractivity contribution in [2.24, 2.45) is 0 Å². The lowest BCUT2D eigenvalue weighted by molar-refractivity contribution is -0.128. The number of thioether (sulfide) groups is 2. The highest BCUT2D eigenvalue weighted by atomic mass is 32.2. The van der Waals surface area contributed by atoms with Crippen LogP contribution in [0.5, 0.6) is 0 Å². The molecule has 29 heavy (non-hydrogen) atoms. The smallest absolute Gasteiger partial charge is 0.233 e. The lowest BCUT2D eigenvalue weighted by atomic mass is 10.2. The molecule has 1 fully saturated rings. The first-order chi connectivity index (χ1) is 14.2. The van der Waals surface area contributed by atoms with Crippen LogP contribution in [0.2, 0.25) is 0 Å². The predicted octanol–water partition coefficient (Wildman–Crippen LogP) is 4.69. The number of hydrogen-bond acceptors (Lipinski definition) is 7. The summed E-state index contributed by atoms with van der Waals surface area (Å²) in [6.07, 6.45) is 4.71. The second kappa shape index (κ2) is 9.95. The summed E-state index contributed by atoms with van der Waals surface area (Å²) in [4.78, 5) is 19.3. The highest BCUT2D eigenvalue weighted by Crippen LogP contribution is 2.31. The van der Waals surface area contributed by atoms with E-state index < -0.39 is 0 Å². The number of likely N-dealkylation sites (tertiary alicyclic amines) is 1. The molecule has 1 aliphatic heterocycles. The monoisotopic (exact) mass is 447 g/mol. The number of nitrogens with zero attached hydrogens (tertiary/aromatic N) is 5. The normalized spacial score (nSPS) is 15.0. The highest BCUT2D eigenvalue weighted by molar-refractivity contribution is 8.00. The molecular weight excluding hydrogens is 422 g/mol. The molecule has 0 unspecified atom stereocenters. The number of amides is 1. The molecular formula is C20H25N5OS3. The Balaban J connectivity index is 1.36. The van der Waals surface area contributed by atoms with Crippen molar-refractivity contribution >= 4 is 51.0 Å². The van der Waals surface area contributed by atoms with Gasteiger partial charge in [0.2, 0.25) is 5.91 Å². The van der Waals surface area contributed by atoms with Gasteiger partial charge in [0.25, 0.3) is 0 Å². The van der Waals surface area contributed by atoms with Crippen LogP contribution in [0.25, 0.3) is 10.2 Å². The quantitative estimate of drug-likeness (QED) is 0.490. The number of carbonyl (C=O) groups is 1. The zero-order valence-corrected chi connectivity index (χ0v) is 19.0. The first-order valence-electron chi connectivity index (χ1n) is 10.1. The van der Waals surface area contributed by atoms with Crippen LogP contribution in [-0.2, 0) is 17.1 Å². The van der Waals surface area contributed by atoms with Gasteiger partial charge in [0.1, 0.15) is 5.82 Å². The van der Waals surface area contributed by atoms with Gasteiger partial charge in [-0.3, -0.25) is 4.79 Å². The molecule has 0 spiro atoms. The van der Waals surface area contributed by atoms with Crippen LogP contribution in [0.1, 0.15) is 38.4 Å². The topological polar surface area (TPSA) is 63.9 Å². The van der Waals surface area contributed by atoms with Gasteiger partial charge >= 0.3 is 0 Å². The Kier molecular flexibility index (Phi) is 7.10. The van der Waals surface area contributed by atoms with Crippen molar-refractivity contribution in [1.82, 2.24) is 24.6 Å². The molecule has 1 amide bonds. The van der Waals surface area contributed by atoms with Crippen LogP contribution in [0, 0.1) is 0 Å². The number of carbonyl (C=O) groups excluding carboxylic acids is 1. The average molecular weight is 448 g/mol. The molecule has 1 aliphatic rings. The molecule has 6 nitrogen and oxygen atoms in total. The molecule has 0 N–H and O–H groups in total. The average Bonchev–Trinajstić information content (AvgIpc) is 3.23. The van der Waals surface area contributed by atoms with Crippen molar-refractivity contribution in [1.29, 1.82) is 0 Å². The van der Waals surface area contributed by atoms with Crippen LogP contribution in [0.4, 0.5) is 0 Å². The Hall–Kier alpha value is -1.58. The van der Waals surface area contributed by atoms with E-state index >= 15 is 0 Å². The summed E-state index contributed by atoms with van der Waals surface area (Å²) in [7, 11) is 0. The molecule has 3 aromatic rings. The number of fused-ring (bicyclic) bond motifs is 1. The third-order valence-electron chi connectivity index (χ3n) is 4.99. The minimum absolute atomic E-state index is 0.216. The number of rotatable bonds is 7. The van der Waals surface area contributed by atoms with Gasteiger partial charge < -0.3 is 9.47 Å². The minimum Gasteiger partial charge on any atom is -0.342 e. The molecule has 0 aliphatic carbocycles. The Labute approximate surface area is 183 Å². The van der Waals surface area contributed by atoms with Gasteiger partial charge in [-0.15, -0.1) is 21.5 Å². The maximum atomic E-state index is 12.6. The molecule has 4 rings (SSSR count). The van der Waals surface area contributed by atoms with Crippen LogP contribution >= 0.6 is 34.9 Å². The first kappa shape index (κ1) is 20.7. The maximum Gasteiger partial charge on any atom is 0.233 e. The highest BCUT2D eigenvalue weighted by Gasteiger charge is 2.18. The Bertz CT molecular complexity index is 929. The zero-order valence-electron chi connectivity index (χ0n) is 16.5.